The molecule has 15 heavy (non-hydrogen) atoms. The highest BCUT2D eigenvalue weighted by Gasteiger charge is 2.59. The van der Waals surface area contributed by atoms with Gasteiger partial charge in [0.15, 0.2) is 0 Å². The fourth-order valence-electron chi connectivity index (χ4n) is 3.56. The molecule has 0 aromatic rings. The number of hydrogen-bond donors (Lipinski definition) is 0. The van der Waals surface area contributed by atoms with Crippen molar-refractivity contribution in [2.24, 2.45) is 16.7 Å². The first kappa shape index (κ1) is 11.3. The van der Waals surface area contributed by atoms with Gasteiger partial charge in [-0.25, -0.2) is 0 Å². The lowest BCUT2D eigenvalue weighted by Crippen LogP contribution is -2.35. The van der Waals surface area contributed by atoms with Crippen molar-refractivity contribution in [1.29, 1.82) is 0 Å². The number of fused-ring (bicyclic) bond motifs is 2. The number of carbonyl (C=O) groups excluding carboxylic acids is 1. The van der Waals surface area contributed by atoms with Gasteiger partial charge in [-0.3, -0.25) is 4.79 Å². The Kier molecular flexibility index (Phi) is 2.74. The topological polar surface area (TPSA) is 26.3 Å². The van der Waals surface area contributed by atoms with E-state index >= 15 is 0 Å². The van der Waals surface area contributed by atoms with Gasteiger partial charge in [0.2, 0.25) is 0 Å². The number of ether oxygens (including phenoxy) is 1. The third kappa shape index (κ3) is 1.57. The van der Waals surface area contributed by atoms with Crippen LogP contribution in [0.3, 0.4) is 0 Å². The summed E-state index contributed by atoms with van der Waals surface area (Å²) >= 11 is 5.43. The van der Waals surface area contributed by atoms with Gasteiger partial charge < -0.3 is 4.74 Å². The van der Waals surface area contributed by atoms with Gasteiger partial charge in [0.05, 0.1) is 6.61 Å². The number of hydrogen-bond acceptors (Lipinski definition) is 2. The maximum atomic E-state index is 11.1. The predicted molar refractivity (Wildman–Crippen MR) is 59.9 cm³/mol. The molecular formula is C12H19ClO2. The second-order valence-corrected chi connectivity index (χ2v) is 5.84. The first-order chi connectivity index (χ1) is 7.02. The Bertz CT molecular complexity index is 265. The van der Waals surface area contributed by atoms with Crippen molar-refractivity contribution in [2.45, 2.75) is 39.5 Å². The van der Waals surface area contributed by atoms with Crippen LogP contribution in [0.1, 0.15) is 39.5 Å². The zero-order chi connectivity index (χ0) is 11.1. The summed E-state index contributed by atoms with van der Waals surface area (Å²) in [5.74, 6) is 0.518. The Labute approximate surface area is 96.3 Å². The molecule has 2 nitrogen and oxygen atoms in total. The quantitative estimate of drug-likeness (QED) is 0.551. The van der Waals surface area contributed by atoms with Crippen LogP contribution in [0.4, 0.5) is 0 Å². The van der Waals surface area contributed by atoms with Crippen LogP contribution >= 0.6 is 11.6 Å². The van der Waals surface area contributed by atoms with Crippen LogP contribution in [0.5, 0.6) is 0 Å². The number of rotatable bonds is 3. The summed E-state index contributed by atoms with van der Waals surface area (Å²) < 4.78 is 5.26. The molecule has 0 saturated heterocycles. The lowest BCUT2D eigenvalue weighted by molar-refractivity contribution is -0.146. The van der Waals surface area contributed by atoms with E-state index in [4.69, 9.17) is 16.3 Å². The van der Waals surface area contributed by atoms with Crippen molar-refractivity contribution in [3.05, 3.63) is 0 Å². The zero-order valence-corrected chi connectivity index (χ0v) is 10.3. The molecule has 2 fully saturated rings. The minimum atomic E-state index is -0.280. The maximum Gasteiger partial charge on any atom is 0.320 e. The smallest absolute Gasteiger partial charge is 0.320 e. The molecule has 0 aliphatic heterocycles. The lowest BCUT2D eigenvalue weighted by atomic mass is 9.70. The number of halogens is 1. The highest BCUT2D eigenvalue weighted by molar-refractivity contribution is 6.26. The number of carbonyl (C=O) groups is 1. The van der Waals surface area contributed by atoms with Gasteiger partial charge in [0.25, 0.3) is 0 Å². The SMILES string of the molecule is CC1(C)C2CCC1(COC(=O)CCl)CC2. The molecule has 3 heteroatoms. The van der Waals surface area contributed by atoms with Crippen molar-refractivity contribution in [2.75, 3.05) is 12.5 Å². The van der Waals surface area contributed by atoms with Gasteiger partial charge in [-0.15, -0.1) is 11.6 Å². The van der Waals surface area contributed by atoms with Crippen LogP contribution in [0.25, 0.3) is 0 Å². The summed E-state index contributed by atoms with van der Waals surface area (Å²) in [7, 11) is 0. The Morgan fingerprint density at radius 2 is 2.00 bits per heavy atom. The molecule has 2 saturated carbocycles. The van der Waals surface area contributed by atoms with E-state index in [-0.39, 0.29) is 17.3 Å². The Hall–Kier alpha value is -0.240. The lowest BCUT2D eigenvalue weighted by Gasteiger charge is -2.37. The van der Waals surface area contributed by atoms with Crippen LogP contribution in [0, 0.1) is 16.7 Å². The molecule has 0 spiro atoms. The molecule has 2 bridgehead atoms. The highest BCUT2D eigenvalue weighted by Crippen LogP contribution is 2.65. The number of alkyl halides is 1. The predicted octanol–water partition coefficient (Wildman–Crippen LogP) is 2.98. The molecule has 2 aliphatic carbocycles. The van der Waals surface area contributed by atoms with Crippen molar-refractivity contribution < 1.29 is 9.53 Å². The van der Waals surface area contributed by atoms with Crippen LogP contribution in [0.15, 0.2) is 0 Å². The Balaban J connectivity index is 2.04. The third-order valence-corrected chi connectivity index (χ3v) is 5.17. The first-order valence-electron chi connectivity index (χ1n) is 5.73. The highest BCUT2D eigenvalue weighted by atomic mass is 35.5. The fraction of sp³-hybridized carbons (Fsp3) is 0.917. The summed E-state index contributed by atoms with van der Waals surface area (Å²) in [6, 6.07) is 0. The van der Waals surface area contributed by atoms with Crippen LogP contribution in [0.2, 0.25) is 0 Å². The normalized spacial score (nSPS) is 36.9. The number of esters is 1. The fourth-order valence-corrected chi connectivity index (χ4v) is 3.63. The minimum Gasteiger partial charge on any atom is -0.464 e. The summed E-state index contributed by atoms with van der Waals surface area (Å²) in [4.78, 5) is 11.1. The molecule has 0 N–H and O–H groups in total. The van der Waals surface area contributed by atoms with E-state index in [0.717, 1.165) is 5.92 Å². The molecule has 0 aromatic carbocycles. The average molecular weight is 231 g/mol. The standard InChI is InChI=1S/C12H19ClO2/c1-11(2)9-3-5-12(11,6-4-9)8-15-10(14)7-13/h9H,3-8H2,1-2H3. The molecule has 0 heterocycles. The Morgan fingerprint density at radius 3 is 2.40 bits per heavy atom. The zero-order valence-electron chi connectivity index (χ0n) is 9.51. The van der Waals surface area contributed by atoms with Gasteiger partial charge in [-0.2, -0.15) is 0 Å². The molecule has 86 valence electrons. The molecule has 0 aromatic heterocycles. The van der Waals surface area contributed by atoms with E-state index in [1.165, 1.54) is 25.7 Å². The largest absolute Gasteiger partial charge is 0.464 e. The van der Waals surface area contributed by atoms with Gasteiger partial charge in [-0.05, 0) is 37.0 Å². The summed E-state index contributed by atoms with van der Waals surface area (Å²) in [5.41, 5.74) is 0.568. The monoisotopic (exact) mass is 230 g/mol. The van der Waals surface area contributed by atoms with E-state index in [1.54, 1.807) is 0 Å². The van der Waals surface area contributed by atoms with E-state index < -0.39 is 0 Å². The van der Waals surface area contributed by atoms with E-state index in [2.05, 4.69) is 13.8 Å². The van der Waals surface area contributed by atoms with Crippen molar-refractivity contribution in [3.8, 4) is 0 Å². The summed E-state index contributed by atoms with van der Waals surface area (Å²) in [6.07, 6.45) is 5.01. The van der Waals surface area contributed by atoms with E-state index in [9.17, 15) is 4.79 Å². The molecule has 0 radical (unpaired) electrons. The van der Waals surface area contributed by atoms with Gasteiger partial charge in [-0.1, -0.05) is 13.8 Å². The van der Waals surface area contributed by atoms with Crippen molar-refractivity contribution >= 4 is 17.6 Å². The molecule has 2 rings (SSSR count). The average Bonchev–Trinajstić information content (AvgIpc) is 2.62. The molecular weight excluding hydrogens is 212 g/mol. The second-order valence-electron chi connectivity index (χ2n) is 5.57. The first-order valence-corrected chi connectivity index (χ1v) is 6.27. The molecule has 0 unspecified atom stereocenters. The maximum absolute atomic E-state index is 11.1. The minimum absolute atomic E-state index is 0.0278. The molecule has 2 aliphatic rings. The van der Waals surface area contributed by atoms with Crippen LogP contribution < -0.4 is 0 Å². The summed E-state index contributed by atoms with van der Waals surface area (Å²) in [5, 5.41) is 0. The van der Waals surface area contributed by atoms with Gasteiger partial charge in [0.1, 0.15) is 5.88 Å². The summed E-state index contributed by atoms with van der Waals surface area (Å²) in [6.45, 7) is 5.22. The van der Waals surface area contributed by atoms with E-state index in [0.29, 0.717) is 12.0 Å². The van der Waals surface area contributed by atoms with Gasteiger partial charge >= 0.3 is 5.97 Å². The van der Waals surface area contributed by atoms with Crippen molar-refractivity contribution in [1.82, 2.24) is 0 Å². The second kappa shape index (κ2) is 3.65. The van der Waals surface area contributed by atoms with Crippen LogP contribution in [-0.4, -0.2) is 18.5 Å². The van der Waals surface area contributed by atoms with Crippen LogP contribution in [-0.2, 0) is 9.53 Å². The van der Waals surface area contributed by atoms with Crippen molar-refractivity contribution in [3.63, 3.8) is 0 Å². The molecule has 0 amide bonds. The van der Waals surface area contributed by atoms with E-state index in [1.807, 2.05) is 0 Å². The van der Waals surface area contributed by atoms with Gasteiger partial charge in [0, 0.05) is 5.41 Å². The third-order valence-electron chi connectivity index (χ3n) is 4.95. The Morgan fingerprint density at radius 1 is 1.40 bits per heavy atom. The molecule has 0 atom stereocenters.